The molecule has 1 heterocycles. The molecule has 0 saturated heterocycles. The summed E-state index contributed by atoms with van der Waals surface area (Å²) in [6, 6.07) is 0. The Morgan fingerprint density at radius 3 is 3.20 bits per heavy atom. The lowest BCUT2D eigenvalue weighted by Gasteiger charge is -2.10. The second kappa shape index (κ2) is 3.31. The van der Waals surface area contributed by atoms with Gasteiger partial charge < -0.3 is 10.6 Å². The standard InChI is InChI=1S/C6H9N3S/c1-7-6(10)5-4-8-2-3-9-5/h2,4,9H,3H2,1H3,(H,7,10). The molecule has 0 aromatic heterocycles. The van der Waals surface area contributed by atoms with Crippen LogP contribution in [0.5, 0.6) is 0 Å². The topological polar surface area (TPSA) is 36.4 Å². The van der Waals surface area contributed by atoms with Crippen molar-refractivity contribution >= 4 is 23.4 Å². The lowest BCUT2D eigenvalue weighted by Crippen LogP contribution is -2.30. The first kappa shape index (κ1) is 7.21. The molecule has 0 radical (unpaired) electrons. The van der Waals surface area contributed by atoms with Crippen molar-refractivity contribution in [3.63, 3.8) is 0 Å². The van der Waals surface area contributed by atoms with Crippen LogP contribution in [0.25, 0.3) is 0 Å². The second-order valence-corrected chi connectivity index (χ2v) is 2.24. The molecular formula is C6H9N3S. The molecule has 0 fully saturated rings. The number of thiocarbonyl (C=S) groups is 1. The maximum atomic E-state index is 4.96. The van der Waals surface area contributed by atoms with Crippen molar-refractivity contribution in [2.45, 2.75) is 0 Å². The molecule has 3 nitrogen and oxygen atoms in total. The zero-order valence-corrected chi connectivity index (χ0v) is 6.53. The fourth-order valence-corrected chi connectivity index (χ4v) is 0.780. The fourth-order valence-electron chi connectivity index (χ4n) is 0.655. The molecular weight excluding hydrogens is 146 g/mol. The first-order valence-electron chi connectivity index (χ1n) is 3.02. The van der Waals surface area contributed by atoms with Crippen molar-refractivity contribution in [3.05, 3.63) is 11.9 Å². The predicted molar refractivity (Wildman–Crippen MR) is 46.2 cm³/mol. The third-order valence-corrected chi connectivity index (χ3v) is 1.59. The normalized spacial score (nSPS) is 15.5. The molecule has 1 aliphatic rings. The van der Waals surface area contributed by atoms with Crippen molar-refractivity contribution in [2.75, 3.05) is 13.6 Å². The Balaban J connectivity index is 2.62. The zero-order chi connectivity index (χ0) is 7.40. The molecule has 0 aromatic carbocycles. The van der Waals surface area contributed by atoms with E-state index >= 15 is 0 Å². The van der Waals surface area contributed by atoms with Crippen LogP contribution in [0.1, 0.15) is 0 Å². The van der Waals surface area contributed by atoms with Crippen LogP contribution >= 0.6 is 12.2 Å². The maximum absolute atomic E-state index is 4.96. The number of nitrogens with zero attached hydrogens (tertiary/aromatic N) is 1. The molecule has 54 valence electrons. The highest BCUT2D eigenvalue weighted by atomic mass is 32.1. The maximum Gasteiger partial charge on any atom is 0.124 e. The fraction of sp³-hybridized carbons (Fsp3) is 0.333. The van der Waals surface area contributed by atoms with Crippen LogP contribution in [0.4, 0.5) is 0 Å². The van der Waals surface area contributed by atoms with E-state index in [2.05, 4.69) is 15.6 Å². The van der Waals surface area contributed by atoms with Crippen LogP contribution in [-0.4, -0.2) is 24.8 Å². The van der Waals surface area contributed by atoms with Crippen molar-refractivity contribution in [2.24, 2.45) is 4.99 Å². The summed E-state index contributed by atoms with van der Waals surface area (Å²) in [5.74, 6) is 0. The minimum absolute atomic E-state index is 0.705. The molecule has 2 N–H and O–H groups in total. The van der Waals surface area contributed by atoms with Crippen molar-refractivity contribution in [1.82, 2.24) is 10.6 Å². The molecule has 0 atom stereocenters. The van der Waals surface area contributed by atoms with Gasteiger partial charge in [-0.15, -0.1) is 0 Å². The molecule has 1 aliphatic heterocycles. The average Bonchev–Trinajstić information content (AvgIpc) is 2.05. The van der Waals surface area contributed by atoms with Gasteiger partial charge in [0.1, 0.15) is 4.99 Å². The average molecular weight is 155 g/mol. The first-order chi connectivity index (χ1) is 4.84. The van der Waals surface area contributed by atoms with Gasteiger partial charge >= 0.3 is 0 Å². The van der Waals surface area contributed by atoms with Crippen LogP contribution in [0, 0.1) is 0 Å². The molecule has 0 unspecified atom stereocenters. The number of hydrogen-bond donors (Lipinski definition) is 2. The Morgan fingerprint density at radius 2 is 2.70 bits per heavy atom. The summed E-state index contributed by atoms with van der Waals surface area (Å²) in [6.07, 6.45) is 3.50. The number of rotatable bonds is 1. The van der Waals surface area contributed by atoms with E-state index in [1.807, 2.05) is 0 Å². The Hall–Kier alpha value is -0.900. The van der Waals surface area contributed by atoms with Crippen LogP contribution < -0.4 is 10.6 Å². The monoisotopic (exact) mass is 155 g/mol. The first-order valence-corrected chi connectivity index (χ1v) is 3.43. The molecule has 4 heteroatoms. The second-order valence-electron chi connectivity index (χ2n) is 1.83. The van der Waals surface area contributed by atoms with Crippen molar-refractivity contribution in [3.8, 4) is 0 Å². The van der Waals surface area contributed by atoms with Gasteiger partial charge in [-0.2, -0.15) is 0 Å². The van der Waals surface area contributed by atoms with Crippen molar-refractivity contribution in [1.29, 1.82) is 0 Å². The molecule has 0 bridgehead atoms. The van der Waals surface area contributed by atoms with Gasteiger partial charge in [-0.05, 0) is 0 Å². The number of hydrogen-bond acceptors (Lipinski definition) is 3. The minimum Gasteiger partial charge on any atom is -0.378 e. The Labute approximate surface area is 65.2 Å². The van der Waals surface area contributed by atoms with Gasteiger partial charge in [-0.25, -0.2) is 0 Å². The molecule has 0 spiro atoms. The summed E-state index contributed by atoms with van der Waals surface area (Å²) in [6.45, 7) is 0.758. The smallest absolute Gasteiger partial charge is 0.124 e. The van der Waals surface area contributed by atoms with Crippen LogP contribution in [0.2, 0.25) is 0 Å². The molecule has 0 aromatic rings. The van der Waals surface area contributed by atoms with Crippen molar-refractivity contribution < 1.29 is 0 Å². The number of likely N-dealkylation sites (N-methyl/N-ethyl adjacent to an activating group) is 1. The van der Waals surface area contributed by atoms with E-state index in [1.165, 1.54) is 0 Å². The summed E-state index contributed by atoms with van der Waals surface area (Å²) < 4.78 is 0. The quantitative estimate of drug-likeness (QED) is 0.525. The number of nitrogens with one attached hydrogen (secondary N) is 2. The van der Waals surface area contributed by atoms with Gasteiger partial charge in [-0.3, -0.25) is 4.99 Å². The SMILES string of the molecule is CNC(=S)C1=CN=CCN1. The molecule has 0 amide bonds. The third kappa shape index (κ3) is 1.54. The number of aliphatic imine (C=N–C) groups is 1. The highest BCUT2D eigenvalue weighted by Crippen LogP contribution is 1.94. The summed E-state index contributed by atoms with van der Waals surface area (Å²) in [5, 5.41) is 5.94. The highest BCUT2D eigenvalue weighted by molar-refractivity contribution is 7.80. The van der Waals surface area contributed by atoms with E-state index in [-0.39, 0.29) is 0 Å². The zero-order valence-electron chi connectivity index (χ0n) is 5.72. The van der Waals surface area contributed by atoms with Crippen LogP contribution in [0.15, 0.2) is 16.9 Å². The van der Waals surface area contributed by atoms with E-state index in [9.17, 15) is 0 Å². The third-order valence-electron chi connectivity index (χ3n) is 1.16. The van der Waals surface area contributed by atoms with Gasteiger partial charge in [0.15, 0.2) is 0 Å². The van der Waals surface area contributed by atoms with E-state index in [0.29, 0.717) is 4.99 Å². The lowest BCUT2D eigenvalue weighted by atomic mass is 10.4. The largest absolute Gasteiger partial charge is 0.378 e. The molecule has 10 heavy (non-hydrogen) atoms. The van der Waals surface area contributed by atoms with E-state index in [1.54, 1.807) is 19.5 Å². The van der Waals surface area contributed by atoms with Gasteiger partial charge in [-0.1, -0.05) is 12.2 Å². The predicted octanol–water partition coefficient (Wildman–Crippen LogP) is 0.0486. The minimum atomic E-state index is 0.705. The van der Waals surface area contributed by atoms with E-state index < -0.39 is 0 Å². The Kier molecular flexibility index (Phi) is 2.39. The van der Waals surface area contributed by atoms with E-state index in [0.717, 1.165) is 12.2 Å². The summed E-state index contributed by atoms with van der Waals surface area (Å²) in [4.78, 5) is 4.66. The van der Waals surface area contributed by atoms with Crippen LogP contribution in [0.3, 0.4) is 0 Å². The van der Waals surface area contributed by atoms with Crippen LogP contribution in [-0.2, 0) is 0 Å². The molecule has 1 rings (SSSR count). The molecule has 0 aliphatic carbocycles. The lowest BCUT2D eigenvalue weighted by molar-refractivity contribution is 0.951. The summed E-state index contributed by atoms with van der Waals surface area (Å²) in [5.41, 5.74) is 0.889. The Bertz CT molecular complexity index is 195. The van der Waals surface area contributed by atoms with Gasteiger partial charge in [0.2, 0.25) is 0 Å². The summed E-state index contributed by atoms with van der Waals surface area (Å²) >= 11 is 4.96. The van der Waals surface area contributed by atoms with Gasteiger partial charge in [0, 0.05) is 13.3 Å². The van der Waals surface area contributed by atoms with Gasteiger partial charge in [0.25, 0.3) is 0 Å². The van der Waals surface area contributed by atoms with Gasteiger partial charge in [0.05, 0.1) is 18.4 Å². The summed E-state index contributed by atoms with van der Waals surface area (Å²) in [7, 11) is 1.79. The highest BCUT2D eigenvalue weighted by Gasteiger charge is 2.02. The molecule has 0 saturated carbocycles. The van der Waals surface area contributed by atoms with E-state index in [4.69, 9.17) is 12.2 Å². The Morgan fingerprint density at radius 1 is 1.90 bits per heavy atom.